The molecule has 116 valence electrons. The molecule has 1 fully saturated rings. The molecule has 1 aliphatic rings. The third kappa shape index (κ3) is 3.92. The zero-order valence-corrected chi connectivity index (χ0v) is 12.7. The second-order valence-corrected chi connectivity index (χ2v) is 6.87. The number of sulfonamides is 1. The topological polar surface area (TPSA) is 78.5 Å². The predicted molar refractivity (Wildman–Crippen MR) is 78.2 cm³/mol. The lowest BCUT2D eigenvalue weighted by molar-refractivity contribution is 0.0656. The number of hydrogen-bond donors (Lipinski definition) is 2. The van der Waals surface area contributed by atoms with Crippen molar-refractivity contribution in [1.29, 1.82) is 0 Å². The van der Waals surface area contributed by atoms with Crippen LogP contribution in [-0.4, -0.2) is 51.2 Å². The molecular formula is C13H18FN3O3S. The number of rotatable bonds is 3. The molecule has 1 aromatic rings. The average Bonchev–Trinajstić information content (AvgIpc) is 2.39. The number of halogens is 1. The van der Waals surface area contributed by atoms with Gasteiger partial charge in [0.2, 0.25) is 10.0 Å². The molecule has 21 heavy (non-hydrogen) atoms. The Morgan fingerprint density at radius 2 is 2.19 bits per heavy atom. The molecule has 2 N–H and O–H groups in total. The second-order valence-electron chi connectivity index (χ2n) is 5.12. The number of amides is 1. The molecule has 1 amide bonds. The first-order valence-electron chi connectivity index (χ1n) is 6.57. The molecule has 0 radical (unpaired) electrons. The van der Waals surface area contributed by atoms with Gasteiger partial charge in [0.1, 0.15) is 5.82 Å². The van der Waals surface area contributed by atoms with Gasteiger partial charge in [0, 0.05) is 31.2 Å². The number of hydrogen-bond acceptors (Lipinski definition) is 4. The van der Waals surface area contributed by atoms with Crippen molar-refractivity contribution >= 4 is 21.6 Å². The zero-order valence-electron chi connectivity index (χ0n) is 11.9. The summed E-state index contributed by atoms with van der Waals surface area (Å²) >= 11 is 0. The van der Waals surface area contributed by atoms with E-state index in [0.717, 1.165) is 12.3 Å². The number of benzene rings is 1. The molecule has 1 aromatic carbocycles. The number of nitrogens with zero attached hydrogens (tertiary/aromatic N) is 1. The molecular weight excluding hydrogens is 297 g/mol. The van der Waals surface area contributed by atoms with Crippen LogP contribution in [0, 0.1) is 5.82 Å². The van der Waals surface area contributed by atoms with Gasteiger partial charge in [-0.3, -0.25) is 9.52 Å². The molecule has 1 atom stereocenters. The summed E-state index contributed by atoms with van der Waals surface area (Å²) in [7, 11) is -3.60. The molecule has 8 heteroatoms. The summed E-state index contributed by atoms with van der Waals surface area (Å²) in [6.07, 6.45) is 0.930. The van der Waals surface area contributed by atoms with Crippen molar-refractivity contribution in [2.75, 3.05) is 30.6 Å². The van der Waals surface area contributed by atoms with Crippen molar-refractivity contribution in [3.05, 3.63) is 29.6 Å². The molecule has 1 aliphatic heterocycles. The van der Waals surface area contributed by atoms with Crippen molar-refractivity contribution in [1.82, 2.24) is 10.2 Å². The van der Waals surface area contributed by atoms with E-state index in [2.05, 4.69) is 10.0 Å². The van der Waals surface area contributed by atoms with Gasteiger partial charge in [0.05, 0.1) is 11.9 Å². The summed E-state index contributed by atoms with van der Waals surface area (Å²) in [6.45, 7) is 3.88. The predicted octanol–water partition coefficient (Wildman–Crippen LogP) is 0.631. The summed E-state index contributed by atoms with van der Waals surface area (Å²) in [5.41, 5.74) is 0.0439. The minimum atomic E-state index is -3.60. The number of carbonyl (C=O) groups is 1. The molecule has 2 rings (SSSR count). The quantitative estimate of drug-likeness (QED) is 0.857. The van der Waals surface area contributed by atoms with E-state index < -0.39 is 15.8 Å². The molecule has 0 aliphatic carbocycles. The van der Waals surface area contributed by atoms with E-state index in [4.69, 9.17) is 0 Å². The maximum atomic E-state index is 13.6. The van der Waals surface area contributed by atoms with Crippen LogP contribution in [-0.2, 0) is 10.0 Å². The number of piperazine rings is 1. The Balaban J connectivity index is 2.27. The Morgan fingerprint density at radius 3 is 2.81 bits per heavy atom. The molecule has 0 spiro atoms. The summed E-state index contributed by atoms with van der Waals surface area (Å²) in [6, 6.07) is 3.71. The highest BCUT2D eigenvalue weighted by Crippen LogP contribution is 2.19. The first-order valence-corrected chi connectivity index (χ1v) is 8.46. The SMILES string of the molecule is CC1CNCCN1C(=O)c1ccc(F)c(NS(C)(=O)=O)c1. The normalized spacial score (nSPS) is 19.4. The molecule has 0 saturated carbocycles. The Bertz CT molecular complexity index is 648. The molecule has 0 bridgehead atoms. The first kappa shape index (κ1) is 15.7. The van der Waals surface area contributed by atoms with Crippen LogP contribution in [0.2, 0.25) is 0 Å². The lowest BCUT2D eigenvalue weighted by Crippen LogP contribution is -2.52. The van der Waals surface area contributed by atoms with Crippen molar-refractivity contribution in [2.45, 2.75) is 13.0 Å². The van der Waals surface area contributed by atoms with Gasteiger partial charge < -0.3 is 10.2 Å². The van der Waals surface area contributed by atoms with Crippen LogP contribution in [0.4, 0.5) is 10.1 Å². The maximum absolute atomic E-state index is 13.6. The third-order valence-corrected chi connectivity index (χ3v) is 3.86. The van der Waals surface area contributed by atoms with Crippen molar-refractivity contribution in [3.63, 3.8) is 0 Å². The van der Waals surface area contributed by atoms with E-state index in [1.807, 2.05) is 6.92 Å². The van der Waals surface area contributed by atoms with Gasteiger partial charge in [-0.2, -0.15) is 0 Å². The highest BCUT2D eigenvalue weighted by molar-refractivity contribution is 7.92. The van der Waals surface area contributed by atoms with Crippen molar-refractivity contribution in [3.8, 4) is 0 Å². The van der Waals surface area contributed by atoms with Crippen LogP contribution < -0.4 is 10.0 Å². The lowest BCUT2D eigenvalue weighted by atomic mass is 10.1. The smallest absolute Gasteiger partial charge is 0.254 e. The largest absolute Gasteiger partial charge is 0.333 e. The fourth-order valence-electron chi connectivity index (χ4n) is 2.24. The van der Waals surface area contributed by atoms with E-state index in [-0.39, 0.29) is 23.2 Å². The monoisotopic (exact) mass is 315 g/mol. The highest BCUT2D eigenvalue weighted by Gasteiger charge is 2.24. The fraction of sp³-hybridized carbons (Fsp3) is 0.462. The molecule has 0 aromatic heterocycles. The minimum absolute atomic E-state index is 0.0302. The standard InChI is InChI=1S/C13H18FN3O3S/c1-9-8-15-5-6-17(9)13(18)10-3-4-11(14)12(7-10)16-21(2,19)20/h3-4,7,9,15-16H,5-6,8H2,1-2H3. The minimum Gasteiger partial charge on any atom is -0.333 e. The Labute approximate surface area is 123 Å². The van der Waals surface area contributed by atoms with E-state index >= 15 is 0 Å². The first-order chi connectivity index (χ1) is 9.78. The van der Waals surface area contributed by atoms with Crippen LogP contribution >= 0.6 is 0 Å². The summed E-state index contributed by atoms with van der Waals surface area (Å²) in [5, 5.41) is 3.18. The van der Waals surface area contributed by atoms with Gasteiger partial charge in [-0.25, -0.2) is 12.8 Å². The second kappa shape index (κ2) is 5.98. The van der Waals surface area contributed by atoms with E-state index in [9.17, 15) is 17.6 Å². The Kier molecular flexibility index (Phi) is 4.48. The number of anilines is 1. The molecule has 1 unspecified atom stereocenters. The molecule has 1 saturated heterocycles. The fourth-order valence-corrected chi connectivity index (χ4v) is 2.80. The van der Waals surface area contributed by atoms with Crippen LogP contribution in [0.25, 0.3) is 0 Å². The molecule has 6 nitrogen and oxygen atoms in total. The third-order valence-electron chi connectivity index (χ3n) is 3.27. The summed E-state index contributed by atoms with van der Waals surface area (Å²) in [5.74, 6) is -0.953. The van der Waals surface area contributed by atoms with Crippen LogP contribution in [0.15, 0.2) is 18.2 Å². The Hall–Kier alpha value is -1.67. The molecule has 1 heterocycles. The van der Waals surface area contributed by atoms with Gasteiger partial charge in [-0.1, -0.05) is 0 Å². The van der Waals surface area contributed by atoms with Gasteiger partial charge in [0.15, 0.2) is 0 Å². The number of carbonyl (C=O) groups excluding carboxylic acids is 1. The van der Waals surface area contributed by atoms with Crippen LogP contribution in [0.3, 0.4) is 0 Å². The van der Waals surface area contributed by atoms with Crippen LogP contribution in [0.5, 0.6) is 0 Å². The van der Waals surface area contributed by atoms with Gasteiger partial charge in [-0.15, -0.1) is 0 Å². The number of nitrogens with one attached hydrogen (secondary N) is 2. The van der Waals surface area contributed by atoms with E-state index in [0.29, 0.717) is 19.6 Å². The maximum Gasteiger partial charge on any atom is 0.254 e. The van der Waals surface area contributed by atoms with E-state index in [1.165, 1.54) is 12.1 Å². The lowest BCUT2D eigenvalue weighted by Gasteiger charge is -2.34. The highest BCUT2D eigenvalue weighted by atomic mass is 32.2. The van der Waals surface area contributed by atoms with Crippen molar-refractivity contribution < 1.29 is 17.6 Å². The van der Waals surface area contributed by atoms with Gasteiger partial charge in [-0.05, 0) is 25.1 Å². The van der Waals surface area contributed by atoms with E-state index in [1.54, 1.807) is 4.90 Å². The average molecular weight is 315 g/mol. The van der Waals surface area contributed by atoms with Crippen LogP contribution in [0.1, 0.15) is 17.3 Å². The zero-order chi connectivity index (χ0) is 15.6. The van der Waals surface area contributed by atoms with Crippen molar-refractivity contribution in [2.24, 2.45) is 0 Å². The summed E-state index contributed by atoms with van der Waals surface area (Å²) < 4.78 is 38.1. The van der Waals surface area contributed by atoms with Gasteiger partial charge >= 0.3 is 0 Å². The Morgan fingerprint density at radius 1 is 1.48 bits per heavy atom. The van der Waals surface area contributed by atoms with Gasteiger partial charge in [0.25, 0.3) is 5.91 Å². The summed E-state index contributed by atoms with van der Waals surface area (Å²) in [4.78, 5) is 14.1.